The van der Waals surface area contributed by atoms with Gasteiger partial charge in [-0.3, -0.25) is 0 Å². The van der Waals surface area contributed by atoms with E-state index >= 15 is 0 Å². The molecule has 46 heavy (non-hydrogen) atoms. The molecule has 0 saturated heterocycles. The van der Waals surface area contributed by atoms with Crippen molar-refractivity contribution >= 4 is 66.6 Å². The van der Waals surface area contributed by atoms with Crippen molar-refractivity contribution in [1.29, 1.82) is 0 Å². The van der Waals surface area contributed by atoms with E-state index in [0.29, 0.717) is 17.2 Å². The van der Waals surface area contributed by atoms with Crippen LogP contribution in [0.15, 0.2) is 149 Å². The molecule has 5 aromatic carbocycles. The smallest absolute Gasteiger partial charge is 0.219 e. The van der Waals surface area contributed by atoms with Gasteiger partial charge in [0.25, 0.3) is 0 Å². The van der Waals surface area contributed by atoms with Crippen LogP contribution in [0.5, 0.6) is 11.6 Å². The van der Waals surface area contributed by atoms with Crippen LogP contribution < -0.4 is 14.5 Å². The molecule has 7 nitrogen and oxygen atoms in total. The molecule has 0 fully saturated rings. The Morgan fingerprint density at radius 3 is 2.22 bits per heavy atom. The number of fused-ring (bicyclic) bond motifs is 6. The van der Waals surface area contributed by atoms with E-state index in [4.69, 9.17) is 13.6 Å². The summed E-state index contributed by atoms with van der Waals surface area (Å²) < 4.78 is 19.7. The molecular weight excluding hydrogens is 572 g/mol. The number of furan rings is 2. The maximum Gasteiger partial charge on any atom is 0.219 e. The van der Waals surface area contributed by atoms with Gasteiger partial charge in [-0.25, -0.2) is 4.98 Å². The molecule has 7 heteroatoms. The zero-order valence-corrected chi connectivity index (χ0v) is 25.0. The molecule has 4 heterocycles. The summed E-state index contributed by atoms with van der Waals surface area (Å²) in [7, 11) is 2.07. The molecule has 0 aliphatic carbocycles. The van der Waals surface area contributed by atoms with Gasteiger partial charge in [0, 0.05) is 71.4 Å². The van der Waals surface area contributed by atoms with Gasteiger partial charge < -0.3 is 28.3 Å². The third kappa shape index (κ3) is 4.32. The van der Waals surface area contributed by atoms with Gasteiger partial charge in [0.2, 0.25) is 5.88 Å². The number of ether oxygens (including phenoxy) is 1. The Balaban J connectivity index is 1.34. The first-order valence-electron chi connectivity index (χ1n) is 15.2. The van der Waals surface area contributed by atoms with Gasteiger partial charge in [0.15, 0.2) is 5.58 Å². The van der Waals surface area contributed by atoms with Crippen LogP contribution in [0.3, 0.4) is 0 Å². The zero-order valence-electron chi connectivity index (χ0n) is 25.0. The van der Waals surface area contributed by atoms with Crippen LogP contribution in [0.1, 0.15) is 0 Å². The Morgan fingerprint density at radius 2 is 1.43 bits per heavy atom. The molecule has 9 rings (SSSR count). The summed E-state index contributed by atoms with van der Waals surface area (Å²) in [6.07, 6.45) is 5.93. The fourth-order valence-electron chi connectivity index (χ4n) is 6.36. The lowest BCUT2D eigenvalue weighted by molar-refractivity contribution is 0.468. The van der Waals surface area contributed by atoms with Crippen molar-refractivity contribution in [3.8, 4) is 11.6 Å². The number of nitrogens with zero attached hydrogens (tertiary/aromatic N) is 4. The van der Waals surface area contributed by atoms with Crippen LogP contribution in [0.4, 0.5) is 22.7 Å². The lowest BCUT2D eigenvalue weighted by Crippen LogP contribution is -2.22. The van der Waals surface area contributed by atoms with Gasteiger partial charge >= 0.3 is 0 Å². The maximum atomic E-state index is 6.65. The van der Waals surface area contributed by atoms with Crippen LogP contribution in [0.25, 0.3) is 43.9 Å². The molecule has 8 aromatic rings. The molecule has 3 aromatic heterocycles. The fourth-order valence-corrected chi connectivity index (χ4v) is 6.36. The number of anilines is 4. The zero-order chi connectivity index (χ0) is 30.6. The number of rotatable bonds is 6. The summed E-state index contributed by atoms with van der Waals surface area (Å²) in [6.45, 7) is 0.749. The highest BCUT2D eigenvalue weighted by Gasteiger charge is 2.25. The van der Waals surface area contributed by atoms with Crippen molar-refractivity contribution < 1.29 is 13.6 Å². The highest BCUT2D eigenvalue weighted by atomic mass is 16.5. The molecule has 0 bridgehead atoms. The van der Waals surface area contributed by atoms with Crippen molar-refractivity contribution in [2.75, 3.05) is 23.5 Å². The summed E-state index contributed by atoms with van der Waals surface area (Å²) >= 11 is 0. The number of hydrogen-bond acceptors (Lipinski definition) is 7. The van der Waals surface area contributed by atoms with Gasteiger partial charge in [-0.2, -0.15) is 0 Å². The molecule has 1 aliphatic heterocycles. The number of pyridine rings is 1. The van der Waals surface area contributed by atoms with Crippen molar-refractivity contribution in [3.63, 3.8) is 0 Å². The van der Waals surface area contributed by atoms with Crippen molar-refractivity contribution in [2.24, 2.45) is 0 Å². The summed E-state index contributed by atoms with van der Waals surface area (Å²) in [5, 5.41) is 3.98. The minimum atomic E-state index is 0.504. The van der Waals surface area contributed by atoms with Crippen molar-refractivity contribution in [2.45, 2.75) is 0 Å². The van der Waals surface area contributed by atoms with Crippen LogP contribution in [0, 0.1) is 0 Å². The van der Waals surface area contributed by atoms with Crippen LogP contribution in [-0.4, -0.2) is 23.6 Å². The topological polar surface area (TPSA) is 58.1 Å². The molecular formula is C39H28N4O3. The molecule has 0 unspecified atom stereocenters. The Kier molecular flexibility index (Phi) is 5.96. The molecule has 0 atom stereocenters. The number of benzene rings is 5. The summed E-state index contributed by atoms with van der Waals surface area (Å²) in [6, 6.07) is 40.8. The van der Waals surface area contributed by atoms with Crippen molar-refractivity contribution in [3.05, 3.63) is 140 Å². The Hall–Kier alpha value is -6.21. The SMILES string of the molecule is CN1C=CN(c2cc(N(c3ccccc3)c3cc(Oc4ccccn4)c4c(c3)oc3ccccc34)c3oc4ccccc4c3c2)C1. The van der Waals surface area contributed by atoms with E-state index in [1.165, 1.54) is 0 Å². The van der Waals surface area contributed by atoms with Crippen LogP contribution in [-0.2, 0) is 0 Å². The third-order valence-corrected chi connectivity index (χ3v) is 8.44. The van der Waals surface area contributed by atoms with E-state index in [1.54, 1.807) is 6.20 Å². The second-order valence-electron chi connectivity index (χ2n) is 11.5. The molecule has 0 spiro atoms. The predicted molar refractivity (Wildman–Crippen MR) is 184 cm³/mol. The largest absolute Gasteiger partial charge is 0.456 e. The van der Waals surface area contributed by atoms with Gasteiger partial charge in [-0.15, -0.1) is 0 Å². The summed E-state index contributed by atoms with van der Waals surface area (Å²) in [5.74, 6) is 1.15. The van der Waals surface area contributed by atoms with E-state index in [2.05, 4.69) is 93.7 Å². The first kappa shape index (κ1) is 26.2. The van der Waals surface area contributed by atoms with Crippen LogP contribution in [0.2, 0.25) is 0 Å². The standard InChI is InChI=1S/C39H28N4O3/c1-41-19-20-42(25-41)27-21-31-29-13-5-7-15-33(29)46-39(31)32(22-27)43(26-11-3-2-4-12-26)28-23-35-38(30-14-6-8-16-34(30)44-35)36(24-28)45-37-17-9-10-18-40-37/h2-24H,25H2,1H3. The summed E-state index contributed by atoms with van der Waals surface area (Å²) in [4.78, 5) is 11.1. The second kappa shape index (κ2) is 10.5. The molecule has 0 N–H and O–H groups in total. The Labute approximate surface area is 264 Å². The van der Waals surface area contributed by atoms with Gasteiger partial charge in [-0.05, 0) is 42.5 Å². The van der Waals surface area contributed by atoms with Gasteiger partial charge in [0.1, 0.15) is 22.5 Å². The first-order chi connectivity index (χ1) is 22.7. The highest BCUT2D eigenvalue weighted by Crippen LogP contribution is 2.48. The Morgan fingerprint density at radius 1 is 0.674 bits per heavy atom. The second-order valence-corrected chi connectivity index (χ2v) is 11.5. The number of hydrogen-bond donors (Lipinski definition) is 0. The average Bonchev–Trinajstić information content (AvgIpc) is 3.81. The minimum Gasteiger partial charge on any atom is -0.456 e. The van der Waals surface area contributed by atoms with E-state index in [1.807, 2.05) is 66.7 Å². The monoisotopic (exact) mass is 600 g/mol. The fraction of sp³-hybridized carbons (Fsp3) is 0.0513. The van der Waals surface area contributed by atoms with Crippen molar-refractivity contribution in [1.82, 2.24) is 9.88 Å². The molecule has 0 amide bonds. The van der Waals surface area contributed by atoms with E-state index in [9.17, 15) is 0 Å². The maximum absolute atomic E-state index is 6.65. The lowest BCUT2D eigenvalue weighted by atomic mass is 10.1. The van der Waals surface area contributed by atoms with E-state index in [0.717, 1.165) is 67.7 Å². The normalized spacial score (nSPS) is 13.1. The van der Waals surface area contributed by atoms with E-state index in [-0.39, 0.29) is 0 Å². The number of para-hydroxylation sites is 3. The molecule has 1 aliphatic rings. The molecule has 0 saturated carbocycles. The first-order valence-corrected chi connectivity index (χ1v) is 15.2. The number of aromatic nitrogens is 1. The average molecular weight is 601 g/mol. The quantitative estimate of drug-likeness (QED) is 0.188. The Bertz CT molecular complexity index is 2410. The molecule has 0 radical (unpaired) electrons. The van der Waals surface area contributed by atoms with Gasteiger partial charge in [-0.1, -0.05) is 60.7 Å². The lowest BCUT2D eigenvalue weighted by Gasteiger charge is -2.28. The summed E-state index contributed by atoms with van der Waals surface area (Å²) in [5.41, 5.74) is 6.92. The van der Waals surface area contributed by atoms with Gasteiger partial charge in [0.05, 0.1) is 23.4 Å². The van der Waals surface area contributed by atoms with E-state index < -0.39 is 0 Å². The minimum absolute atomic E-state index is 0.504. The predicted octanol–water partition coefficient (Wildman–Crippen LogP) is 10.3. The van der Waals surface area contributed by atoms with Crippen LogP contribution >= 0.6 is 0 Å². The highest BCUT2D eigenvalue weighted by molar-refractivity contribution is 6.13. The third-order valence-electron chi connectivity index (χ3n) is 8.44. The molecule has 222 valence electrons.